The summed E-state index contributed by atoms with van der Waals surface area (Å²) in [6.07, 6.45) is 7.97. The summed E-state index contributed by atoms with van der Waals surface area (Å²) in [5.74, 6) is 0. The molecule has 2 amide bonds. The van der Waals surface area contributed by atoms with E-state index in [4.69, 9.17) is 0 Å². The van der Waals surface area contributed by atoms with Crippen LogP contribution < -0.4 is 10.6 Å². The Morgan fingerprint density at radius 1 is 1.12 bits per heavy atom. The number of nitrogens with zero attached hydrogens (tertiary/aromatic N) is 2. The molecule has 0 spiro atoms. The van der Waals surface area contributed by atoms with Gasteiger partial charge < -0.3 is 15.5 Å². The van der Waals surface area contributed by atoms with Crippen molar-refractivity contribution < 1.29 is 4.79 Å². The number of pyridine rings is 1. The van der Waals surface area contributed by atoms with Crippen molar-refractivity contribution in [1.82, 2.24) is 20.5 Å². The topological polar surface area (TPSA) is 57.3 Å². The first-order valence-electron chi connectivity index (χ1n) is 9.85. The smallest absolute Gasteiger partial charge is 0.317 e. The van der Waals surface area contributed by atoms with Crippen LogP contribution in [0, 0.1) is 0 Å². The predicted molar refractivity (Wildman–Crippen MR) is 104 cm³/mol. The Morgan fingerprint density at radius 2 is 1.81 bits per heavy atom. The lowest BCUT2D eigenvalue weighted by atomic mass is 9.91. The summed E-state index contributed by atoms with van der Waals surface area (Å²) in [7, 11) is 0. The Bertz CT molecular complexity index is 765. The number of carbonyl (C=O) groups excluding carboxylic acids is 1. The van der Waals surface area contributed by atoms with Gasteiger partial charge in [0.15, 0.2) is 0 Å². The van der Waals surface area contributed by atoms with Gasteiger partial charge in [-0.2, -0.15) is 0 Å². The van der Waals surface area contributed by atoms with Gasteiger partial charge in [-0.25, -0.2) is 4.79 Å². The van der Waals surface area contributed by atoms with Crippen molar-refractivity contribution in [3.8, 4) is 0 Å². The normalized spacial score (nSPS) is 20.0. The molecule has 5 heteroatoms. The Hall–Kier alpha value is -2.14. The fraction of sp³-hybridized carbons (Fsp3) is 0.524. The molecule has 5 nitrogen and oxygen atoms in total. The van der Waals surface area contributed by atoms with Crippen LogP contribution in [0.5, 0.6) is 0 Å². The molecule has 1 aliphatic heterocycles. The van der Waals surface area contributed by atoms with E-state index >= 15 is 0 Å². The molecule has 1 unspecified atom stereocenters. The van der Waals surface area contributed by atoms with Crippen molar-refractivity contribution in [3.05, 3.63) is 42.2 Å². The molecule has 1 atom stereocenters. The van der Waals surface area contributed by atoms with Crippen molar-refractivity contribution >= 4 is 16.8 Å². The molecule has 1 aromatic heterocycles. The van der Waals surface area contributed by atoms with Gasteiger partial charge in [-0.3, -0.25) is 4.98 Å². The summed E-state index contributed by atoms with van der Waals surface area (Å²) < 4.78 is 0. The number of amides is 2. The first-order chi connectivity index (χ1) is 12.7. The quantitative estimate of drug-likeness (QED) is 0.884. The lowest BCUT2D eigenvalue weighted by Crippen LogP contribution is -2.51. The molecule has 26 heavy (non-hydrogen) atoms. The maximum Gasteiger partial charge on any atom is 0.317 e. The molecule has 2 aromatic rings. The number of piperidine rings is 1. The molecule has 1 aliphatic carbocycles. The van der Waals surface area contributed by atoms with E-state index in [1.54, 1.807) is 0 Å². The van der Waals surface area contributed by atoms with E-state index in [2.05, 4.69) is 33.8 Å². The van der Waals surface area contributed by atoms with E-state index < -0.39 is 0 Å². The molecule has 2 N–H and O–H groups in total. The zero-order valence-corrected chi connectivity index (χ0v) is 15.4. The summed E-state index contributed by atoms with van der Waals surface area (Å²) in [4.78, 5) is 19.1. The Kier molecular flexibility index (Phi) is 5.07. The summed E-state index contributed by atoms with van der Waals surface area (Å²) >= 11 is 0. The van der Waals surface area contributed by atoms with E-state index in [0.29, 0.717) is 6.04 Å². The second kappa shape index (κ2) is 7.62. The van der Waals surface area contributed by atoms with Crippen LogP contribution in [0.15, 0.2) is 36.5 Å². The average Bonchev–Trinajstić information content (AvgIpc) is 2.64. The van der Waals surface area contributed by atoms with Crippen LogP contribution in [0.4, 0.5) is 4.79 Å². The minimum atomic E-state index is -0.0991. The molecule has 0 radical (unpaired) electrons. The summed E-state index contributed by atoms with van der Waals surface area (Å²) in [5.41, 5.74) is 0.901. The molecule has 1 aromatic carbocycles. The first kappa shape index (κ1) is 17.3. The number of fused-ring (bicyclic) bond motifs is 1. The largest absolute Gasteiger partial charge is 0.330 e. The molecule has 2 fully saturated rings. The van der Waals surface area contributed by atoms with Crippen LogP contribution in [0.2, 0.25) is 0 Å². The molecule has 1 saturated heterocycles. The van der Waals surface area contributed by atoms with Crippen molar-refractivity contribution in [2.75, 3.05) is 13.1 Å². The van der Waals surface area contributed by atoms with Crippen LogP contribution in [0.1, 0.15) is 50.8 Å². The second-order valence-electron chi connectivity index (χ2n) is 7.68. The predicted octanol–water partition coefficient (Wildman–Crippen LogP) is 3.61. The SMILES string of the molecule is CC(NC(=O)N1CCC(NC2CCC2)CC1)c1cc2ccccc2cn1. The molecule has 4 rings (SSSR count). The molecular formula is C21H28N4O. The van der Waals surface area contributed by atoms with Gasteiger partial charge in [-0.15, -0.1) is 0 Å². The third-order valence-electron chi connectivity index (χ3n) is 5.79. The Balaban J connectivity index is 1.30. The molecular weight excluding hydrogens is 324 g/mol. The number of carbonyl (C=O) groups is 1. The van der Waals surface area contributed by atoms with Gasteiger partial charge >= 0.3 is 6.03 Å². The third kappa shape index (κ3) is 3.83. The fourth-order valence-electron chi connectivity index (χ4n) is 3.85. The number of rotatable bonds is 4. The fourth-order valence-corrected chi connectivity index (χ4v) is 3.85. The van der Waals surface area contributed by atoms with Gasteiger partial charge in [-0.1, -0.05) is 30.7 Å². The highest BCUT2D eigenvalue weighted by Crippen LogP contribution is 2.22. The van der Waals surface area contributed by atoms with E-state index in [0.717, 1.165) is 48.4 Å². The number of hydrogen-bond acceptors (Lipinski definition) is 3. The van der Waals surface area contributed by atoms with Crippen molar-refractivity contribution in [2.24, 2.45) is 0 Å². The Labute approximate surface area is 155 Å². The lowest BCUT2D eigenvalue weighted by Gasteiger charge is -2.37. The van der Waals surface area contributed by atoms with Gasteiger partial charge in [0.05, 0.1) is 11.7 Å². The Morgan fingerprint density at radius 3 is 2.50 bits per heavy atom. The highest BCUT2D eigenvalue weighted by molar-refractivity contribution is 5.82. The van der Waals surface area contributed by atoms with Crippen molar-refractivity contribution in [1.29, 1.82) is 0 Å². The van der Waals surface area contributed by atoms with Crippen LogP contribution >= 0.6 is 0 Å². The third-order valence-corrected chi connectivity index (χ3v) is 5.79. The summed E-state index contributed by atoms with van der Waals surface area (Å²) in [5, 5.41) is 9.12. The molecule has 1 saturated carbocycles. The van der Waals surface area contributed by atoms with E-state index in [-0.39, 0.29) is 12.1 Å². The molecule has 0 bridgehead atoms. The first-order valence-corrected chi connectivity index (χ1v) is 9.85. The number of benzene rings is 1. The summed E-state index contributed by atoms with van der Waals surface area (Å²) in [6, 6.07) is 11.5. The maximum absolute atomic E-state index is 12.6. The number of nitrogens with one attached hydrogen (secondary N) is 2. The van der Waals surface area contributed by atoms with Crippen LogP contribution in [0.25, 0.3) is 10.8 Å². The standard InChI is InChI=1S/C21H28N4O/c1-15(20-13-16-5-2-3-6-17(16)14-22-20)23-21(26)25-11-9-19(10-12-25)24-18-7-4-8-18/h2-3,5-6,13-15,18-19,24H,4,7-12H2,1H3,(H,23,26). The number of aromatic nitrogens is 1. The van der Waals surface area contributed by atoms with E-state index in [1.165, 1.54) is 19.3 Å². The highest BCUT2D eigenvalue weighted by Gasteiger charge is 2.27. The molecule has 138 valence electrons. The average molecular weight is 352 g/mol. The zero-order chi connectivity index (χ0) is 17.9. The van der Waals surface area contributed by atoms with Crippen LogP contribution in [-0.2, 0) is 0 Å². The monoisotopic (exact) mass is 352 g/mol. The van der Waals surface area contributed by atoms with Crippen LogP contribution in [0.3, 0.4) is 0 Å². The van der Waals surface area contributed by atoms with Gasteiger partial charge in [0.25, 0.3) is 0 Å². The van der Waals surface area contributed by atoms with Crippen LogP contribution in [-0.4, -0.2) is 41.1 Å². The number of urea groups is 1. The zero-order valence-electron chi connectivity index (χ0n) is 15.4. The lowest BCUT2D eigenvalue weighted by molar-refractivity contribution is 0.165. The minimum Gasteiger partial charge on any atom is -0.330 e. The number of likely N-dealkylation sites (tertiary alicyclic amines) is 1. The van der Waals surface area contributed by atoms with Crippen molar-refractivity contribution in [2.45, 2.75) is 57.2 Å². The van der Waals surface area contributed by atoms with Gasteiger partial charge in [-0.05, 0) is 44.1 Å². The van der Waals surface area contributed by atoms with Crippen molar-refractivity contribution in [3.63, 3.8) is 0 Å². The number of hydrogen-bond donors (Lipinski definition) is 2. The molecule has 2 heterocycles. The minimum absolute atomic E-state index is 0.0227. The second-order valence-corrected chi connectivity index (χ2v) is 7.68. The van der Waals surface area contributed by atoms with E-state index in [9.17, 15) is 4.79 Å². The van der Waals surface area contributed by atoms with E-state index in [1.807, 2.05) is 30.2 Å². The van der Waals surface area contributed by atoms with Gasteiger partial charge in [0.1, 0.15) is 0 Å². The maximum atomic E-state index is 12.6. The highest BCUT2D eigenvalue weighted by atomic mass is 16.2. The van der Waals surface area contributed by atoms with Gasteiger partial charge in [0.2, 0.25) is 0 Å². The summed E-state index contributed by atoms with van der Waals surface area (Å²) in [6.45, 7) is 3.65. The molecule has 2 aliphatic rings. The van der Waals surface area contributed by atoms with Gasteiger partial charge in [0, 0.05) is 36.8 Å².